The quantitative estimate of drug-likeness (QED) is 0.686. The Bertz CT molecular complexity index is 835. The van der Waals surface area contributed by atoms with E-state index in [1.54, 1.807) is 31.4 Å². The minimum atomic E-state index is -1.33. The highest BCUT2D eigenvalue weighted by atomic mass is 32.1. The molecule has 0 bridgehead atoms. The molecule has 0 fully saturated rings. The molecule has 0 aliphatic heterocycles. The Balaban J connectivity index is 2.01. The molecule has 6 nitrogen and oxygen atoms in total. The van der Waals surface area contributed by atoms with Gasteiger partial charge in [-0.05, 0) is 36.4 Å². The van der Waals surface area contributed by atoms with Gasteiger partial charge in [-0.2, -0.15) is 0 Å². The van der Waals surface area contributed by atoms with Crippen LogP contribution >= 0.6 is 11.3 Å². The number of ether oxygens (including phenoxy) is 1. The third kappa shape index (κ3) is 5.35. The number of benzene rings is 1. The molecule has 28 heavy (non-hydrogen) atoms. The van der Waals surface area contributed by atoms with Gasteiger partial charge in [0.05, 0.1) is 4.88 Å². The van der Waals surface area contributed by atoms with Crippen molar-refractivity contribution in [3.05, 3.63) is 52.2 Å². The molecule has 2 unspecified atom stereocenters. The van der Waals surface area contributed by atoms with Crippen molar-refractivity contribution in [2.75, 3.05) is 5.32 Å². The third-order valence-electron chi connectivity index (χ3n) is 3.83. The highest BCUT2D eigenvalue weighted by Gasteiger charge is 2.30. The van der Waals surface area contributed by atoms with Crippen molar-refractivity contribution in [2.45, 2.75) is 32.9 Å². The number of carbonyl (C=O) groups excluding carboxylic acids is 3. The monoisotopic (exact) mass is 410 g/mol. The lowest BCUT2D eigenvalue weighted by atomic mass is 10.0. The number of thiophene rings is 1. The zero-order chi connectivity index (χ0) is 20.8. The highest BCUT2D eigenvalue weighted by molar-refractivity contribution is 7.12. The zero-order valence-electron chi connectivity index (χ0n) is 15.5. The topological polar surface area (TPSA) is 84.5 Å². The molecular formula is C19H20F2N2O4S. The van der Waals surface area contributed by atoms with E-state index in [2.05, 4.69) is 10.6 Å². The molecule has 9 heteroatoms. The van der Waals surface area contributed by atoms with Gasteiger partial charge in [-0.1, -0.05) is 26.0 Å². The zero-order valence-corrected chi connectivity index (χ0v) is 16.3. The lowest BCUT2D eigenvalue weighted by Crippen LogP contribution is -2.47. The van der Waals surface area contributed by atoms with E-state index in [0.29, 0.717) is 4.88 Å². The largest absolute Gasteiger partial charge is 0.451 e. The van der Waals surface area contributed by atoms with Gasteiger partial charge in [0.1, 0.15) is 23.4 Å². The molecule has 1 aromatic carbocycles. The number of hydrogen-bond donors (Lipinski definition) is 2. The molecule has 0 aliphatic rings. The Morgan fingerprint density at radius 2 is 1.68 bits per heavy atom. The Morgan fingerprint density at radius 1 is 1.04 bits per heavy atom. The summed E-state index contributed by atoms with van der Waals surface area (Å²) >= 11 is 1.22. The Morgan fingerprint density at radius 3 is 2.21 bits per heavy atom. The Hall–Kier alpha value is -2.81. The van der Waals surface area contributed by atoms with Gasteiger partial charge in [-0.3, -0.25) is 9.59 Å². The molecule has 0 saturated carbocycles. The van der Waals surface area contributed by atoms with E-state index in [1.807, 2.05) is 0 Å². The average Bonchev–Trinajstić information content (AvgIpc) is 3.16. The van der Waals surface area contributed by atoms with Gasteiger partial charge in [-0.25, -0.2) is 13.6 Å². The van der Waals surface area contributed by atoms with Crippen LogP contribution in [0.25, 0.3) is 0 Å². The van der Waals surface area contributed by atoms with E-state index in [9.17, 15) is 23.2 Å². The van der Waals surface area contributed by atoms with Gasteiger partial charge in [0.2, 0.25) is 0 Å². The van der Waals surface area contributed by atoms with Gasteiger partial charge in [0.15, 0.2) is 6.10 Å². The molecule has 0 saturated heterocycles. The summed E-state index contributed by atoms with van der Waals surface area (Å²) in [7, 11) is 0. The van der Waals surface area contributed by atoms with E-state index in [4.69, 9.17) is 4.74 Å². The molecule has 0 radical (unpaired) electrons. The first kappa shape index (κ1) is 21.5. The minimum Gasteiger partial charge on any atom is -0.451 e. The fourth-order valence-corrected chi connectivity index (χ4v) is 2.89. The molecular weight excluding hydrogens is 390 g/mol. The highest BCUT2D eigenvalue weighted by Crippen LogP contribution is 2.18. The van der Waals surface area contributed by atoms with Gasteiger partial charge in [0, 0.05) is 0 Å². The number of anilines is 1. The normalized spacial score (nSPS) is 12.9. The van der Waals surface area contributed by atoms with Crippen molar-refractivity contribution in [3.63, 3.8) is 0 Å². The molecule has 150 valence electrons. The second-order valence-corrected chi connectivity index (χ2v) is 7.29. The van der Waals surface area contributed by atoms with Crippen LogP contribution < -0.4 is 10.6 Å². The van der Waals surface area contributed by atoms with E-state index in [-0.39, 0.29) is 5.92 Å². The van der Waals surface area contributed by atoms with Crippen LogP contribution in [0.2, 0.25) is 0 Å². The predicted octanol–water partition coefficient (Wildman–Crippen LogP) is 3.35. The van der Waals surface area contributed by atoms with Crippen LogP contribution in [0.4, 0.5) is 14.5 Å². The maximum atomic E-state index is 13.6. The first-order chi connectivity index (χ1) is 13.2. The van der Waals surface area contributed by atoms with Crippen LogP contribution in [-0.4, -0.2) is 29.9 Å². The summed E-state index contributed by atoms with van der Waals surface area (Å²) in [6.07, 6.45) is -1.33. The van der Waals surface area contributed by atoms with Gasteiger partial charge in [-0.15, -0.1) is 11.3 Å². The predicted molar refractivity (Wildman–Crippen MR) is 101 cm³/mol. The lowest BCUT2D eigenvalue weighted by molar-refractivity contribution is -0.156. The van der Waals surface area contributed by atoms with Crippen LogP contribution in [-0.2, 0) is 14.3 Å². The molecule has 0 spiro atoms. The number of amides is 2. The Kier molecular flexibility index (Phi) is 7.22. The minimum absolute atomic E-state index is 0.310. The maximum absolute atomic E-state index is 13.6. The number of hydrogen-bond acceptors (Lipinski definition) is 5. The second kappa shape index (κ2) is 9.41. The standard InChI is InChI=1S/C19H20F2N2O4S/c1-10(2)15(22-18(25)14-8-5-9-28-14)19(26)27-11(3)17(24)23-16-12(20)6-4-7-13(16)21/h4-11,15H,1-3H3,(H,22,25)(H,23,24). The molecule has 2 amide bonds. The molecule has 2 aromatic rings. The van der Waals surface area contributed by atoms with Crippen molar-refractivity contribution < 1.29 is 27.9 Å². The van der Waals surface area contributed by atoms with Crippen molar-refractivity contribution in [1.82, 2.24) is 5.32 Å². The Labute approximate surface area is 164 Å². The van der Waals surface area contributed by atoms with Crippen molar-refractivity contribution in [3.8, 4) is 0 Å². The van der Waals surface area contributed by atoms with Crippen LogP contribution in [0.5, 0.6) is 0 Å². The van der Waals surface area contributed by atoms with Crippen molar-refractivity contribution >= 4 is 34.8 Å². The summed E-state index contributed by atoms with van der Waals surface area (Å²) in [6, 6.07) is 5.47. The van der Waals surface area contributed by atoms with Crippen LogP contribution in [0, 0.1) is 17.6 Å². The lowest BCUT2D eigenvalue weighted by Gasteiger charge is -2.22. The summed E-state index contributed by atoms with van der Waals surface area (Å²) in [5.74, 6) is -4.36. The molecule has 2 rings (SSSR count). The van der Waals surface area contributed by atoms with E-state index < -0.39 is 47.3 Å². The fourth-order valence-electron chi connectivity index (χ4n) is 2.26. The number of carbonyl (C=O) groups is 3. The van der Waals surface area contributed by atoms with Gasteiger partial charge in [0.25, 0.3) is 11.8 Å². The maximum Gasteiger partial charge on any atom is 0.329 e. The number of para-hydroxylation sites is 1. The first-order valence-electron chi connectivity index (χ1n) is 8.50. The molecule has 2 atom stereocenters. The molecule has 1 aromatic heterocycles. The smallest absolute Gasteiger partial charge is 0.329 e. The van der Waals surface area contributed by atoms with E-state index in [1.165, 1.54) is 18.3 Å². The summed E-state index contributed by atoms with van der Waals surface area (Å²) in [5, 5.41) is 6.37. The SMILES string of the molecule is CC(OC(=O)C(NC(=O)c1cccs1)C(C)C)C(=O)Nc1c(F)cccc1F. The third-order valence-corrected chi connectivity index (χ3v) is 4.69. The van der Waals surface area contributed by atoms with Crippen molar-refractivity contribution in [1.29, 1.82) is 0 Å². The summed E-state index contributed by atoms with van der Waals surface area (Å²) in [4.78, 5) is 37.2. The number of halogens is 2. The second-order valence-electron chi connectivity index (χ2n) is 6.34. The van der Waals surface area contributed by atoms with Crippen LogP contribution in [0.1, 0.15) is 30.4 Å². The molecule has 2 N–H and O–H groups in total. The number of rotatable bonds is 7. The summed E-state index contributed by atoms with van der Waals surface area (Å²) < 4.78 is 32.4. The molecule has 1 heterocycles. The van der Waals surface area contributed by atoms with E-state index in [0.717, 1.165) is 18.2 Å². The summed E-state index contributed by atoms with van der Waals surface area (Å²) in [5.41, 5.74) is -0.623. The average molecular weight is 410 g/mol. The van der Waals surface area contributed by atoms with Crippen LogP contribution in [0.3, 0.4) is 0 Å². The number of esters is 1. The molecule has 0 aliphatic carbocycles. The van der Waals surface area contributed by atoms with E-state index >= 15 is 0 Å². The van der Waals surface area contributed by atoms with Gasteiger partial charge < -0.3 is 15.4 Å². The van der Waals surface area contributed by atoms with Gasteiger partial charge >= 0.3 is 5.97 Å². The summed E-state index contributed by atoms with van der Waals surface area (Å²) in [6.45, 7) is 4.69. The van der Waals surface area contributed by atoms with Crippen LogP contribution in [0.15, 0.2) is 35.7 Å². The fraction of sp³-hybridized carbons (Fsp3) is 0.316. The van der Waals surface area contributed by atoms with Crippen molar-refractivity contribution in [2.24, 2.45) is 5.92 Å². The first-order valence-corrected chi connectivity index (χ1v) is 9.38. The number of nitrogens with one attached hydrogen (secondary N) is 2.